The fourth-order valence-electron chi connectivity index (χ4n) is 3.62. The molecule has 0 radical (unpaired) electrons. The van der Waals surface area contributed by atoms with Gasteiger partial charge in [0, 0.05) is 0 Å². The minimum atomic E-state index is -1.30. The molecule has 1 saturated carbocycles. The first kappa shape index (κ1) is 20.2. The molecule has 142 valence electrons. The molecule has 0 spiro atoms. The molecule has 1 aliphatic heterocycles. The van der Waals surface area contributed by atoms with Crippen LogP contribution in [-0.4, -0.2) is 31.6 Å². The van der Waals surface area contributed by atoms with Gasteiger partial charge in [-0.05, 0) is 44.4 Å². The Balaban J connectivity index is 1.78. The van der Waals surface area contributed by atoms with Gasteiger partial charge in [-0.15, -0.1) is 0 Å². The second-order valence-corrected chi connectivity index (χ2v) is 7.58. The molecule has 5 heteroatoms. The highest BCUT2D eigenvalue weighted by Crippen LogP contribution is 2.33. The van der Waals surface area contributed by atoms with E-state index in [1.807, 2.05) is 0 Å². The molecule has 1 aliphatic carbocycles. The Kier molecular flexibility index (Phi) is 8.18. The molecule has 0 aromatic rings. The Morgan fingerprint density at radius 3 is 2.24 bits per heavy atom. The fourth-order valence-corrected chi connectivity index (χ4v) is 3.62. The van der Waals surface area contributed by atoms with Crippen molar-refractivity contribution in [3.8, 4) is 6.07 Å². The second kappa shape index (κ2) is 10.1. The molecule has 0 bridgehead atoms. The first-order chi connectivity index (χ1) is 12.1. The predicted octanol–water partition coefficient (Wildman–Crippen LogP) is 4.35. The van der Waals surface area contributed by atoms with Crippen molar-refractivity contribution in [2.45, 2.75) is 90.4 Å². The number of nitriles is 1. The first-order valence-electron chi connectivity index (χ1n) is 9.99. The van der Waals surface area contributed by atoms with E-state index in [1.54, 1.807) is 0 Å². The maximum atomic E-state index is 12.6. The normalized spacial score (nSPS) is 32.8. The van der Waals surface area contributed by atoms with Gasteiger partial charge in [0.25, 0.3) is 0 Å². The molecule has 0 unspecified atom stereocenters. The summed E-state index contributed by atoms with van der Waals surface area (Å²) in [6.45, 7) is 4.47. The van der Waals surface area contributed by atoms with E-state index in [1.165, 1.54) is 19.3 Å². The predicted molar refractivity (Wildman–Crippen MR) is 94.6 cm³/mol. The quantitative estimate of drug-likeness (QED) is 0.608. The van der Waals surface area contributed by atoms with Crippen molar-refractivity contribution in [2.24, 2.45) is 11.3 Å². The Morgan fingerprint density at radius 1 is 1.08 bits per heavy atom. The standard InChI is InChI=1S/C20H33NO4/c1-3-5-7-16-9-11-17(12-10-16)25-19(22)20(13-21)14-23-18(24-15-20)8-6-4-2/h16-18H,3-12,14-15H2,1-2H3/t16?,17?,18-,20+. The topological polar surface area (TPSA) is 68.6 Å². The summed E-state index contributed by atoms with van der Waals surface area (Å²) in [4.78, 5) is 12.6. The van der Waals surface area contributed by atoms with Gasteiger partial charge in [0.15, 0.2) is 6.29 Å². The molecule has 0 aromatic carbocycles. The molecule has 25 heavy (non-hydrogen) atoms. The van der Waals surface area contributed by atoms with Crippen LogP contribution in [0.15, 0.2) is 0 Å². The molecule has 0 N–H and O–H groups in total. The van der Waals surface area contributed by atoms with Gasteiger partial charge >= 0.3 is 5.97 Å². The molecule has 2 aliphatic rings. The van der Waals surface area contributed by atoms with Crippen LogP contribution in [-0.2, 0) is 19.0 Å². The van der Waals surface area contributed by atoms with Crippen LogP contribution in [0, 0.1) is 22.7 Å². The van der Waals surface area contributed by atoms with Crippen LogP contribution in [0.3, 0.4) is 0 Å². The van der Waals surface area contributed by atoms with E-state index in [9.17, 15) is 10.1 Å². The van der Waals surface area contributed by atoms with E-state index >= 15 is 0 Å². The van der Waals surface area contributed by atoms with E-state index in [0.717, 1.165) is 50.9 Å². The molecule has 0 atom stereocenters. The number of nitrogens with zero attached hydrogens (tertiary/aromatic N) is 1. The van der Waals surface area contributed by atoms with Gasteiger partial charge in [-0.1, -0.05) is 39.5 Å². The van der Waals surface area contributed by atoms with Gasteiger partial charge in [0.05, 0.1) is 19.3 Å². The largest absolute Gasteiger partial charge is 0.461 e. The maximum Gasteiger partial charge on any atom is 0.331 e. The average Bonchev–Trinajstić information content (AvgIpc) is 2.66. The molecule has 1 heterocycles. The van der Waals surface area contributed by atoms with Crippen LogP contribution < -0.4 is 0 Å². The highest BCUT2D eigenvalue weighted by Gasteiger charge is 2.46. The van der Waals surface area contributed by atoms with E-state index in [-0.39, 0.29) is 25.6 Å². The molecule has 0 amide bonds. The van der Waals surface area contributed by atoms with Crippen LogP contribution in [0.2, 0.25) is 0 Å². The summed E-state index contributed by atoms with van der Waals surface area (Å²) >= 11 is 0. The number of rotatable bonds is 8. The lowest BCUT2D eigenvalue weighted by atomic mass is 9.84. The molecular weight excluding hydrogens is 318 g/mol. The number of carbonyl (C=O) groups excluding carboxylic acids is 1. The lowest BCUT2D eigenvalue weighted by Crippen LogP contribution is -2.48. The van der Waals surface area contributed by atoms with Crippen molar-refractivity contribution in [3.05, 3.63) is 0 Å². The van der Waals surface area contributed by atoms with Crippen molar-refractivity contribution in [3.63, 3.8) is 0 Å². The van der Waals surface area contributed by atoms with Crippen molar-refractivity contribution in [1.82, 2.24) is 0 Å². The number of unbranched alkanes of at least 4 members (excludes halogenated alkanes) is 2. The molecule has 5 nitrogen and oxygen atoms in total. The summed E-state index contributed by atoms with van der Waals surface area (Å²) in [5.74, 6) is 0.293. The van der Waals surface area contributed by atoms with Crippen LogP contribution in [0.4, 0.5) is 0 Å². The Hall–Kier alpha value is -1.12. The van der Waals surface area contributed by atoms with Crippen LogP contribution in [0.25, 0.3) is 0 Å². The third-order valence-electron chi connectivity index (χ3n) is 5.46. The average molecular weight is 351 g/mol. The van der Waals surface area contributed by atoms with Crippen LogP contribution in [0.5, 0.6) is 0 Å². The lowest BCUT2D eigenvalue weighted by molar-refractivity contribution is -0.228. The van der Waals surface area contributed by atoms with Gasteiger partial charge in [-0.25, -0.2) is 0 Å². The van der Waals surface area contributed by atoms with Crippen LogP contribution in [0.1, 0.15) is 78.1 Å². The van der Waals surface area contributed by atoms with Crippen molar-refractivity contribution in [1.29, 1.82) is 5.26 Å². The lowest BCUT2D eigenvalue weighted by Gasteiger charge is -2.35. The van der Waals surface area contributed by atoms with Gasteiger partial charge in [0.1, 0.15) is 6.10 Å². The maximum absolute atomic E-state index is 12.6. The van der Waals surface area contributed by atoms with Gasteiger partial charge in [0.2, 0.25) is 5.41 Å². The zero-order valence-corrected chi connectivity index (χ0v) is 15.8. The monoisotopic (exact) mass is 351 g/mol. The Bertz CT molecular complexity index is 443. The van der Waals surface area contributed by atoms with Gasteiger partial charge < -0.3 is 14.2 Å². The minimum absolute atomic E-state index is 0.0617. The second-order valence-electron chi connectivity index (χ2n) is 7.58. The SMILES string of the molecule is CCCCC1CCC(OC(=O)[C@]2(C#N)CO[C@H](CCCC)OC2)CC1. The number of esters is 1. The van der Waals surface area contributed by atoms with E-state index in [0.29, 0.717) is 0 Å². The smallest absolute Gasteiger partial charge is 0.331 e. The summed E-state index contributed by atoms with van der Waals surface area (Å²) in [5, 5.41) is 9.53. The fraction of sp³-hybridized carbons (Fsp3) is 0.900. The number of carbonyl (C=O) groups is 1. The van der Waals surface area contributed by atoms with Crippen molar-refractivity contribution < 1.29 is 19.0 Å². The van der Waals surface area contributed by atoms with Crippen molar-refractivity contribution in [2.75, 3.05) is 13.2 Å². The van der Waals surface area contributed by atoms with E-state index in [2.05, 4.69) is 19.9 Å². The molecule has 2 rings (SSSR count). The van der Waals surface area contributed by atoms with Gasteiger partial charge in [-0.3, -0.25) is 4.79 Å². The Morgan fingerprint density at radius 2 is 1.68 bits per heavy atom. The number of hydrogen-bond donors (Lipinski definition) is 0. The molecule has 0 aromatic heterocycles. The zero-order chi connectivity index (χ0) is 18.1. The molecule has 1 saturated heterocycles. The summed E-state index contributed by atoms with van der Waals surface area (Å²) < 4.78 is 16.9. The molecule has 2 fully saturated rings. The summed E-state index contributed by atoms with van der Waals surface area (Å²) in [6.07, 6.45) is 10.3. The number of ether oxygens (including phenoxy) is 3. The van der Waals surface area contributed by atoms with Gasteiger partial charge in [-0.2, -0.15) is 5.26 Å². The van der Waals surface area contributed by atoms with E-state index in [4.69, 9.17) is 14.2 Å². The highest BCUT2D eigenvalue weighted by molar-refractivity contribution is 5.80. The van der Waals surface area contributed by atoms with Crippen molar-refractivity contribution >= 4 is 5.97 Å². The third kappa shape index (κ3) is 5.69. The van der Waals surface area contributed by atoms with Crippen LogP contribution >= 0.6 is 0 Å². The minimum Gasteiger partial charge on any atom is -0.461 e. The Labute approximate surface area is 152 Å². The third-order valence-corrected chi connectivity index (χ3v) is 5.46. The zero-order valence-electron chi connectivity index (χ0n) is 15.8. The summed E-state index contributed by atoms with van der Waals surface area (Å²) in [6, 6.07) is 2.10. The summed E-state index contributed by atoms with van der Waals surface area (Å²) in [5.41, 5.74) is -1.30. The number of hydrogen-bond acceptors (Lipinski definition) is 5. The first-order valence-corrected chi connectivity index (χ1v) is 9.99. The molecular formula is C20H33NO4. The highest BCUT2D eigenvalue weighted by atomic mass is 16.7. The summed E-state index contributed by atoms with van der Waals surface area (Å²) in [7, 11) is 0. The van der Waals surface area contributed by atoms with E-state index < -0.39 is 11.4 Å².